The van der Waals surface area contributed by atoms with Gasteiger partial charge in [0.2, 0.25) is 0 Å². The number of aryl methyl sites for hydroxylation is 1. The fourth-order valence-electron chi connectivity index (χ4n) is 4.18. The Bertz CT molecular complexity index is 1040. The number of rotatable bonds is 6. The second kappa shape index (κ2) is 9.84. The third kappa shape index (κ3) is 5.98. The van der Waals surface area contributed by atoms with Crippen LogP contribution in [0.1, 0.15) is 51.4 Å². The van der Waals surface area contributed by atoms with Crippen LogP contribution in [0.4, 0.5) is 0 Å². The molecule has 0 spiro atoms. The van der Waals surface area contributed by atoms with Gasteiger partial charge in [0.15, 0.2) is 0 Å². The van der Waals surface area contributed by atoms with Crippen molar-refractivity contribution in [2.24, 2.45) is 0 Å². The van der Waals surface area contributed by atoms with Gasteiger partial charge in [-0.2, -0.15) is 0 Å². The van der Waals surface area contributed by atoms with Crippen LogP contribution in [0.2, 0.25) is 0 Å². The van der Waals surface area contributed by atoms with E-state index in [2.05, 4.69) is 54.6 Å². The first-order chi connectivity index (χ1) is 15.0. The molecule has 0 aliphatic carbocycles. The molecule has 0 saturated carbocycles. The minimum Gasteiger partial charge on any atom is -0.349 e. The van der Waals surface area contributed by atoms with Gasteiger partial charge in [-0.25, -0.2) is 9.97 Å². The maximum absolute atomic E-state index is 12.7. The van der Waals surface area contributed by atoms with Crippen LogP contribution < -0.4 is 10.2 Å². The van der Waals surface area contributed by atoms with E-state index in [9.17, 15) is 4.79 Å². The fourth-order valence-corrected chi connectivity index (χ4v) is 4.18. The zero-order valence-corrected chi connectivity index (χ0v) is 18.4. The summed E-state index contributed by atoms with van der Waals surface area (Å²) < 4.78 is 0. The Hall–Kier alpha value is -3.05. The predicted octanol–water partition coefficient (Wildman–Crippen LogP) is 2.37. The lowest BCUT2D eigenvalue weighted by molar-refractivity contribution is -0.884. The maximum atomic E-state index is 12.7. The van der Waals surface area contributed by atoms with Crippen molar-refractivity contribution in [3.05, 3.63) is 94.6 Å². The summed E-state index contributed by atoms with van der Waals surface area (Å²) in [7, 11) is 2.21. The van der Waals surface area contributed by atoms with Crippen LogP contribution >= 0.6 is 0 Å². The highest BCUT2D eigenvalue weighted by Crippen LogP contribution is 2.13. The Morgan fingerprint density at radius 1 is 1.03 bits per heavy atom. The topological polar surface area (TPSA) is 59.3 Å². The van der Waals surface area contributed by atoms with Crippen LogP contribution in [0.5, 0.6) is 0 Å². The number of nitrogens with zero attached hydrogens (tertiary/aromatic N) is 2. The molecule has 2 N–H and O–H groups in total. The highest BCUT2D eigenvalue weighted by molar-refractivity contribution is 5.94. The highest BCUT2D eigenvalue weighted by Gasteiger charge is 2.21. The van der Waals surface area contributed by atoms with Gasteiger partial charge < -0.3 is 10.2 Å². The third-order valence-electron chi connectivity index (χ3n) is 5.96. The van der Waals surface area contributed by atoms with Crippen LogP contribution in [-0.2, 0) is 12.8 Å². The standard InChI is InChI=1S/C26H30N4O/c1-19-5-3-6-20(15-19)18-25-27-12-9-24(28-25)17-21-7-4-8-22(16-21)26(31)29-23-10-13-30(2)14-11-23/h3-9,12,15-16,23H,10-11,13-14,17-18H2,1-2H3,(H,29,31)/p+1. The first-order valence-electron chi connectivity index (χ1n) is 11.1. The minimum absolute atomic E-state index is 0.0224. The van der Waals surface area contributed by atoms with Gasteiger partial charge in [0.05, 0.1) is 20.1 Å². The largest absolute Gasteiger partial charge is 0.349 e. The molecular weight excluding hydrogens is 384 g/mol. The number of hydrogen-bond acceptors (Lipinski definition) is 3. The quantitative estimate of drug-likeness (QED) is 0.650. The number of benzene rings is 2. The Kier molecular flexibility index (Phi) is 6.73. The molecule has 1 aliphatic heterocycles. The fraction of sp³-hybridized carbons (Fsp3) is 0.346. The highest BCUT2D eigenvalue weighted by atomic mass is 16.1. The van der Waals surface area contributed by atoms with Crippen molar-refractivity contribution in [2.45, 2.75) is 38.6 Å². The van der Waals surface area contributed by atoms with E-state index in [0.717, 1.165) is 55.0 Å². The summed E-state index contributed by atoms with van der Waals surface area (Å²) in [6, 6.07) is 18.6. The van der Waals surface area contributed by atoms with E-state index in [4.69, 9.17) is 4.98 Å². The molecule has 2 aromatic carbocycles. The summed E-state index contributed by atoms with van der Waals surface area (Å²) in [6.45, 7) is 4.32. The summed E-state index contributed by atoms with van der Waals surface area (Å²) in [5.41, 5.74) is 5.23. The number of amides is 1. The first kappa shape index (κ1) is 21.2. The molecule has 1 fully saturated rings. The van der Waals surface area contributed by atoms with E-state index < -0.39 is 0 Å². The molecule has 1 aliphatic rings. The summed E-state index contributed by atoms with van der Waals surface area (Å²) in [6.07, 6.45) is 5.31. The zero-order valence-electron chi connectivity index (χ0n) is 18.4. The number of carbonyl (C=O) groups excluding carboxylic acids is 1. The van der Waals surface area contributed by atoms with Gasteiger partial charge in [0.1, 0.15) is 5.82 Å². The lowest BCUT2D eigenvalue weighted by Gasteiger charge is -2.27. The van der Waals surface area contributed by atoms with Gasteiger partial charge in [0, 0.05) is 49.2 Å². The van der Waals surface area contributed by atoms with Crippen molar-refractivity contribution in [3.63, 3.8) is 0 Å². The molecule has 3 aromatic rings. The summed E-state index contributed by atoms with van der Waals surface area (Å²) >= 11 is 0. The summed E-state index contributed by atoms with van der Waals surface area (Å²) in [5.74, 6) is 0.843. The average Bonchev–Trinajstić information content (AvgIpc) is 2.76. The first-order valence-corrected chi connectivity index (χ1v) is 11.1. The Morgan fingerprint density at radius 3 is 2.55 bits per heavy atom. The van der Waals surface area contributed by atoms with Gasteiger partial charge in [-0.15, -0.1) is 0 Å². The van der Waals surface area contributed by atoms with Gasteiger partial charge in [-0.05, 0) is 36.2 Å². The van der Waals surface area contributed by atoms with Crippen LogP contribution in [-0.4, -0.2) is 42.1 Å². The molecule has 1 saturated heterocycles. The second-order valence-electron chi connectivity index (χ2n) is 8.71. The van der Waals surface area contributed by atoms with E-state index >= 15 is 0 Å². The summed E-state index contributed by atoms with van der Waals surface area (Å²) in [4.78, 5) is 23.5. The molecule has 31 heavy (non-hydrogen) atoms. The van der Waals surface area contributed by atoms with Crippen LogP contribution in [0.25, 0.3) is 0 Å². The van der Waals surface area contributed by atoms with Crippen molar-refractivity contribution in [2.75, 3.05) is 20.1 Å². The lowest BCUT2D eigenvalue weighted by atomic mass is 10.0. The van der Waals surface area contributed by atoms with Gasteiger partial charge >= 0.3 is 0 Å². The minimum atomic E-state index is 0.0224. The molecule has 0 atom stereocenters. The normalized spacial score (nSPS) is 18.5. The van der Waals surface area contributed by atoms with E-state index in [0.29, 0.717) is 6.42 Å². The van der Waals surface area contributed by atoms with Crippen molar-refractivity contribution >= 4 is 5.91 Å². The number of quaternary nitrogens is 1. The molecule has 4 rings (SSSR count). The smallest absolute Gasteiger partial charge is 0.251 e. The maximum Gasteiger partial charge on any atom is 0.251 e. The van der Waals surface area contributed by atoms with Crippen LogP contribution in [0.3, 0.4) is 0 Å². The molecule has 5 nitrogen and oxygen atoms in total. The van der Waals surface area contributed by atoms with Gasteiger partial charge in [-0.3, -0.25) is 4.79 Å². The summed E-state index contributed by atoms with van der Waals surface area (Å²) in [5, 5.41) is 3.21. The van der Waals surface area contributed by atoms with E-state index in [1.807, 2.05) is 30.5 Å². The number of hydrogen-bond donors (Lipinski definition) is 2. The second-order valence-corrected chi connectivity index (χ2v) is 8.71. The molecule has 1 amide bonds. The molecule has 0 radical (unpaired) electrons. The molecule has 0 unspecified atom stereocenters. The van der Waals surface area contributed by atoms with E-state index in [1.54, 1.807) is 4.90 Å². The Balaban J connectivity index is 1.41. The molecule has 2 heterocycles. The molecular formula is C26H31N4O+. The Labute approximate surface area is 184 Å². The SMILES string of the molecule is Cc1cccc(Cc2nccc(Cc3cccc(C(=O)NC4CC[NH+](C)CC4)c3)n2)c1. The zero-order chi connectivity index (χ0) is 21.6. The number of aromatic nitrogens is 2. The average molecular weight is 416 g/mol. The van der Waals surface area contributed by atoms with Crippen molar-refractivity contribution in [1.82, 2.24) is 15.3 Å². The third-order valence-corrected chi connectivity index (χ3v) is 5.96. The predicted molar refractivity (Wildman–Crippen MR) is 122 cm³/mol. The number of likely N-dealkylation sites (tertiary alicyclic amines) is 1. The van der Waals surface area contributed by atoms with Crippen molar-refractivity contribution in [1.29, 1.82) is 0 Å². The Morgan fingerprint density at radius 2 is 1.77 bits per heavy atom. The molecule has 160 valence electrons. The molecule has 5 heteroatoms. The monoisotopic (exact) mass is 415 g/mol. The number of piperidine rings is 1. The molecule has 1 aromatic heterocycles. The van der Waals surface area contributed by atoms with Crippen LogP contribution in [0.15, 0.2) is 60.8 Å². The lowest BCUT2D eigenvalue weighted by Crippen LogP contribution is -3.10. The van der Waals surface area contributed by atoms with Gasteiger partial charge in [0.25, 0.3) is 5.91 Å². The number of carbonyl (C=O) groups is 1. The van der Waals surface area contributed by atoms with E-state index in [1.165, 1.54) is 11.1 Å². The van der Waals surface area contributed by atoms with E-state index in [-0.39, 0.29) is 11.9 Å². The van der Waals surface area contributed by atoms with Gasteiger partial charge in [-0.1, -0.05) is 42.0 Å². The molecule has 0 bridgehead atoms. The van der Waals surface area contributed by atoms with Crippen LogP contribution in [0, 0.1) is 6.92 Å². The number of nitrogens with one attached hydrogen (secondary N) is 2. The van der Waals surface area contributed by atoms with Crippen molar-refractivity contribution < 1.29 is 9.69 Å². The van der Waals surface area contributed by atoms with Crippen molar-refractivity contribution in [3.8, 4) is 0 Å².